The first kappa shape index (κ1) is 14.5. The van der Waals surface area contributed by atoms with Crippen molar-refractivity contribution in [3.8, 4) is 5.75 Å². The molecule has 0 radical (unpaired) electrons. The fraction of sp³-hybridized carbons (Fsp3) is 0.312. The van der Waals surface area contributed by atoms with E-state index in [2.05, 4.69) is 32.3 Å². The SMILES string of the molecule is Fc1cncc(COc2ccc(Br)cc2CNC2CC2)c1. The standard InChI is InChI=1S/C16H16BrFN2O/c17-13-1-4-16(12(6-13)8-20-15-2-3-15)21-10-11-5-14(18)9-19-7-11/h1,4-7,9,15,20H,2-3,8,10H2. The fourth-order valence-corrected chi connectivity index (χ4v) is 2.47. The first-order valence-electron chi connectivity index (χ1n) is 6.95. The summed E-state index contributed by atoms with van der Waals surface area (Å²) in [6, 6.07) is 8.01. The van der Waals surface area contributed by atoms with Crippen molar-refractivity contribution in [2.45, 2.75) is 32.0 Å². The van der Waals surface area contributed by atoms with Gasteiger partial charge in [0.05, 0.1) is 6.20 Å². The van der Waals surface area contributed by atoms with Crippen molar-refractivity contribution in [1.29, 1.82) is 0 Å². The van der Waals surface area contributed by atoms with Crippen LogP contribution in [-0.4, -0.2) is 11.0 Å². The molecular weight excluding hydrogens is 335 g/mol. The Kier molecular flexibility index (Phi) is 4.51. The van der Waals surface area contributed by atoms with Crippen molar-refractivity contribution in [2.75, 3.05) is 0 Å². The highest BCUT2D eigenvalue weighted by molar-refractivity contribution is 9.10. The molecule has 0 unspecified atom stereocenters. The molecule has 1 aliphatic rings. The molecule has 3 rings (SSSR count). The lowest BCUT2D eigenvalue weighted by Crippen LogP contribution is -2.16. The third-order valence-corrected chi connectivity index (χ3v) is 3.83. The van der Waals surface area contributed by atoms with Crippen LogP contribution < -0.4 is 10.1 Å². The number of ether oxygens (including phenoxy) is 1. The highest BCUT2D eigenvalue weighted by Crippen LogP contribution is 2.26. The molecule has 1 fully saturated rings. The Labute approximate surface area is 131 Å². The first-order chi connectivity index (χ1) is 10.2. The Balaban J connectivity index is 1.68. The van der Waals surface area contributed by atoms with Crippen LogP contribution in [0.2, 0.25) is 0 Å². The fourth-order valence-electron chi connectivity index (χ4n) is 2.06. The Bertz CT molecular complexity index is 631. The highest BCUT2D eigenvalue weighted by atomic mass is 79.9. The second-order valence-electron chi connectivity index (χ2n) is 5.21. The summed E-state index contributed by atoms with van der Waals surface area (Å²) in [6.45, 7) is 1.09. The third-order valence-electron chi connectivity index (χ3n) is 3.34. The largest absolute Gasteiger partial charge is 0.489 e. The molecule has 0 aliphatic heterocycles. The van der Waals surface area contributed by atoms with Crippen LogP contribution in [-0.2, 0) is 13.2 Å². The van der Waals surface area contributed by atoms with Gasteiger partial charge in [0.2, 0.25) is 0 Å². The van der Waals surface area contributed by atoms with Gasteiger partial charge in [0.1, 0.15) is 18.2 Å². The van der Waals surface area contributed by atoms with Gasteiger partial charge in [-0.1, -0.05) is 15.9 Å². The summed E-state index contributed by atoms with van der Waals surface area (Å²) >= 11 is 3.48. The molecule has 1 heterocycles. The van der Waals surface area contributed by atoms with E-state index in [1.807, 2.05) is 12.1 Å². The molecule has 5 heteroatoms. The van der Waals surface area contributed by atoms with Crippen LogP contribution in [0.5, 0.6) is 5.75 Å². The average Bonchev–Trinajstić information content (AvgIpc) is 3.28. The monoisotopic (exact) mass is 350 g/mol. The van der Waals surface area contributed by atoms with Crippen LogP contribution in [0.25, 0.3) is 0 Å². The maximum atomic E-state index is 13.1. The molecule has 0 atom stereocenters. The summed E-state index contributed by atoms with van der Waals surface area (Å²) < 4.78 is 19.9. The second kappa shape index (κ2) is 6.54. The highest BCUT2D eigenvalue weighted by Gasteiger charge is 2.20. The van der Waals surface area contributed by atoms with Gasteiger partial charge in [0.15, 0.2) is 0 Å². The molecule has 0 bridgehead atoms. The number of rotatable bonds is 6. The van der Waals surface area contributed by atoms with Gasteiger partial charge in [-0.05, 0) is 37.1 Å². The van der Waals surface area contributed by atoms with E-state index in [-0.39, 0.29) is 5.82 Å². The Morgan fingerprint density at radius 3 is 2.90 bits per heavy atom. The number of nitrogens with one attached hydrogen (secondary N) is 1. The number of nitrogens with zero attached hydrogens (tertiary/aromatic N) is 1. The smallest absolute Gasteiger partial charge is 0.141 e. The van der Waals surface area contributed by atoms with E-state index < -0.39 is 0 Å². The van der Waals surface area contributed by atoms with E-state index in [1.165, 1.54) is 25.1 Å². The Hall–Kier alpha value is -1.46. The zero-order chi connectivity index (χ0) is 14.7. The van der Waals surface area contributed by atoms with E-state index in [0.29, 0.717) is 12.6 Å². The average molecular weight is 351 g/mol. The topological polar surface area (TPSA) is 34.1 Å². The molecule has 0 spiro atoms. The van der Waals surface area contributed by atoms with Gasteiger partial charge >= 0.3 is 0 Å². The van der Waals surface area contributed by atoms with Crippen molar-refractivity contribution in [3.63, 3.8) is 0 Å². The molecule has 110 valence electrons. The molecule has 1 aliphatic carbocycles. The second-order valence-corrected chi connectivity index (χ2v) is 6.12. The quantitative estimate of drug-likeness (QED) is 0.859. The van der Waals surface area contributed by atoms with E-state index in [1.54, 1.807) is 6.20 Å². The summed E-state index contributed by atoms with van der Waals surface area (Å²) in [6.07, 6.45) is 5.30. The Morgan fingerprint density at radius 1 is 1.29 bits per heavy atom. The summed E-state index contributed by atoms with van der Waals surface area (Å²) in [5.74, 6) is 0.471. The molecule has 1 saturated carbocycles. The van der Waals surface area contributed by atoms with Gasteiger partial charge < -0.3 is 10.1 Å². The zero-order valence-electron chi connectivity index (χ0n) is 11.5. The van der Waals surface area contributed by atoms with Gasteiger partial charge in [0.25, 0.3) is 0 Å². The van der Waals surface area contributed by atoms with E-state index in [4.69, 9.17) is 4.74 Å². The Morgan fingerprint density at radius 2 is 2.14 bits per heavy atom. The number of halogens is 2. The predicted octanol–water partition coefficient (Wildman–Crippen LogP) is 3.81. The minimum atomic E-state index is -0.345. The minimum Gasteiger partial charge on any atom is -0.489 e. The molecule has 0 amide bonds. The van der Waals surface area contributed by atoms with Crippen LogP contribution in [0.1, 0.15) is 24.0 Å². The first-order valence-corrected chi connectivity index (χ1v) is 7.74. The normalized spacial score (nSPS) is 14.2. The van der Waals surface area contributed by atoms with Crippen LogP contribution in [0.3, 0.4) is 0 Å². The van der Waals surface area contributed by atoms with Crippen LogP contribution >= 0.6 is 15.9 Å². The van der Waals surface area contributed by atoms with E-state index in [0.717, 1.165) is 27.9 Å². The maximum Gasteiger partial charge on any atom is 0.141 e. The van der Waals surface area contributed by atoms with Gasteiger partial charge in [-0.2, -0.15) is 0 Å². The van der Waals surface area contributed by atoms with Gasteiger partial charge in [-0.3, -0.25) is 4.98 Å². The van der Waals surface area contributed by atoms with Crippen molar-refractivity contribution in [2.24, 2.45) is 0 Å². The van der Waals surface area contributed by atoms with Crippen molar-refractivity contribution in [1.82, 2.24) is 10.3 Å². The lowest BCUT2D eigenvalue weighted by atomic mass is 10.2. The van der Waals surface area contributed by atoms with Gasteiger partial charge in [-0.15, -0.1) is 0 Å². The van der Waals surface area contributed by atoms with E-state index in [9.17, 15) is 4.39 Å². The molecule has 3 nitrogen and oxygen atoms in total. The van der Waals surface area contributed by atoms with Crippen LogP contribution in [0.15, 0.2) is 41.1 Å². The molecule has 1 aromatic heterocycles. The summed E-state index contributed by atoms with van der Waals surface area (Å²) in [5, 5.41) is 3.47. The molecule has 0 saturated heterocycles. The number of hydrogen-bond donors (Lipinski definition) is 1. The van der Waals surface area contributed by atoms with Gasteiger partial charge in [-0.25, -0.2) is 4.39 Å². The summed E-state index contributed by atoms with van der Waals surface area (Å²) in [5.41, 5.74) is 1.82. The van der Waals surface area contributed by atoms with Crippen molar-refractivity contribution < 1.29 is 9.13 Å². The minimum absolute atomic E-state index is 0.308. The van der Waals surface area contributed by atoms with Gasteiger partial charge in [0, 0.05) is 34.4 Å². The number of aromatic nitrogens is 1. The maximum absolute atomic E-state index is 13.1. The number of benzene rings is 1. The van der Waals surface area contributed by atoms with Crippen molar-refractivity contribution >= 4 is 15.9 Å². The lowest BCUT2D eigenvalue weighted by Gasteiger charge is -2.12. The predicted molar refractivity (Wildman–Crippen MR) is 82.5 cm³/mol. The summed E-state index contributed by atoms with van der Waals surface area (Å²) in [7, 11) is 0. The zero-order valence-corrected chi connectivity index (χ0v) is 13.1. The van der Waals surface area contributed by atoms with E-state index >= 15 is 0 Å². The molecule has 21 heavy (non-hydrogen) atoms. The molecular formula is C16H16BrFN2O. The molecule has 1 aromatic carbocycles. The van der Waals surface area contributed by atoms with Crippen LogP contribution in [0, 0.1) is 5.82 Å². The van der Waals surface area contributed by atoms with Crippen molar-refractivity contribution in [3.05, 3.63) is 58.1 Å². The number of pyridine rings is 1. The lowest BCUT2D eigenvalue weighted by molar-refractivity contribution is 0.301. The summed E-state index contributed by atoms with van der Waals surface area (Å²) in [4.78, 5) is 3.83. The number of hydrogen-bond acceptors (Lipinski definition) is 3. The van der Waals surface area contributed by atoms with Crippen LogP contribution in [0.4, 0.5) is 4.39 Å². The third kappa shape index (κ3) is 4.25. The molecule has 1 N–H and O–H groups in total. The molecule has 2 aromatic rings.